The molecule has 3 saturated heterocycles. The number of hydrogen-bond donors (Lipinski definition) is 1. The van der Waals surface area contributed by atoms with Gasteiger partial charge in [-0.2, -0.15) is 0 Å². The number of likely N-dealkylation sites (tertiary alicyclic amines) is 2. The summed E-state index contributed by atoms with van der Waals surface area (Å²) < 4.78 is 1.06. The van der Waals surface area contributed by atoms with Gasteiger partial charge in [-0.15, -0.1) is 12.4 Å². The normalized spacial score (nSPS) is 25.9. The summed E-state index contributed by atoms with van der Waals surface area (Å²) >= 11 is 3.50. The van der Waals surface area contributed by atoms with Crippen molar-refractivity contribution < 1.29 is 9.59 Å². The van der Waals surface area contributed by atoms with Crippen molar-refractivity contribution in [3.05, 3.63) is 70.2 Å². The molecule has 4 aliphatic rings. The van der Waals surface area contributed by atoms with Crippen LogP contribution < -0.4 is 5.32 Å². The Hall–Kier alpha value is -1.73. The molecule has 2 aromatic carbocycles. The Kier molecular flexibility index (Phi) is 8.63. The lowest BCUT2D eigenvalue weighted by molar-refractivity contribution is -0.140. The third-order valence-corrected chi connectivity index (χ3v) is 9.98. The van der Waals surface area contributed by atoms with Crippen LogP contribution in [0.15, 0.2) is 59.1 Å². The predicted octanol–water partition coefficient (Wildman–Crippen LogP) is 5.43. The van der Waals surface area contributed by atoms with E-state index >= 15 is 0 Å². The van der Waals surface area contributed by atoms with Crippen LogP contribution in [0.2, 0.25) is 0 Å². The Labute approximate surface area is 241 Å². The summed E-state index contributed by atoms with van der Waals surface area (Å²) in [6, 6.07) is 19.0. The minimum absolute atomic E-state index is 0. The van der Waals surface area contributed by atoms with Gasteiger partial charge in [0, 0.05) is 48.9 Å². The number of carbonyl (C=O) groups is 2. The van der Waals surface area contributed by atoms with E-state index in [4.69, 9.17) is 0 Å². The molecule has 1 aliphatic carbocycles. The van der Waals surface area contributed by atoms with Gasteiger partial charge >= 0.3 is 0 Å². The van der Waals surface area contributed by atoms with Crippen molar-refractivity contribution in [3.8, 4) is 0 Å². The van der Waals surface area contributed by atoms with Crippen LogP contribution in [-0.2, 0) is 16.1 Å². The lowest BCUT2D eigenvalue weighted by Gasteiger charge is -2.44. The molecule has 3 aliphatic heterocycles. The third-order valence-electron chi connectivity index (χ3n) is 9.45. The molecule has 3 heterocycles. The van der Waals surface area contributed by atoms with E-state index in [2.05, 4.69) is 73.5 Å². The summed E-state index contributed by atoms with van der Waals surface area (Å²) in [4.78, 5) is 31.9. The number of piperidine rings is 1. The smallest absolute Gasteiger partial charge is 0.229 e. The Balaban J connectivity index is 0.00000294. The molecular weight excluding hydrogens is 562 g/mol. The maximum absolute atomic E-state index is 13.8. The van der Waals surface area contributed by atoms with E-state index in [1.165, 1.54) is 24.0 Å². The highest BCUT2D eigenvalue weighted by Gasteiger charge is 2.50. The maximum atomic E-state index is 13.8. The molecule has 1 saturated carbocycles. The van der Waals surface area contributed by atoms with E-state index in [9.17, 15) is 9.59 Å². The molecule has 1 spiro atoms. The topological polar surface area (TPSA) is 52.7 Å². The Morgan fingerprint density at radius 2 is 1.66 bits per heavy atom. The van der Waals surface area contributed by atoms with Crippen LogP contribution in [0, 0.1) is 17.3 Å². The average Bonchev–Trinajstić information content (AvgIpc) is 3.52. The summed E-state index contributed by atoms with van der Waals surface area (Å²) in [6.07, 6.45) is 5.81. The highest BCUT2D eigenvalue weighted by atomic mass is 79.9. The van der Waals surface area contributed by atoms with Crippen molar-refractivity contribution >= 4 is 40.0 Å². The summed E-state index contributed by atoms with van der Waals surface area (Å²) in [5.41, 5.74) is 2.27. The van der Waals surface area contributed by atoms with Gasteiger partial charge in [-0.3, -0.25) is 14.5 Å². The Bertz CT molecular complexity index is 1120. The molecule has 3 atom stereocenters. The third kappa shape index (κ3) is 5.74. The first-order valence-electron chi connectivity index (χ1n) is 14.1. The number of halogens is 2. The van der Waals surface area contributed by atoms with Crippen LogP contribution in [-0.4, -0.2) is 60.3 Å². The van der Waals surface area contributed by atoms with Crippen molar-refractivity contribution in [3.63, 3.8) is 0 Å². The Morgan fingerprint density at radius 3 is 2.34 bits per heavy atom. The number of hydrogen-bond acceptors (Lipinski definition) is 4. The molecule has 7 heteroatoms. The number of nitrogens with one attached hydrogen (secondary N) is 1. The lowest BCUT2D eigenvalue weighted by atomic mass is 9.74. The van der Waals surface area contributed by atoms with Crippen LogP contribution in [0.25, 0.3) is 0 Å². The van der Waals surface area contributed by atoms with E-state index in [-0.39, 0.29) is 29.8 Å². The van der Waals surface area contributed by atoms with Crippen LogP contribution in [0.3, 0.4) is 0 Å². The highest BCUT2D eigenvalue weighted by molar-refractivity contribution is 9.10. The Morgan fingerprint density at radius 1 is 0.974 bits per heavy atom. The minimum atomic E-state index is -0.247. The summed E-state index contributed by atoms with van der Waals surface area (Å²) in [5, 5.41) is 3.61. The van der Waals surface area contributed by atoms with Gasteiger partial charge in [-0.1, -0.05) is 58.4 Å². The van der Waals surface area contributed by atoms with E-state index < -0.39 is 0 Å². The fraction of sp³-hybridized carbons (Fsp3) is 0.548. The molecule has 38 heavy (non-hydrogen) atoms. The standard InChI is InChI=1S/C31H38BrN3O2.ClH/c32-25-10-8-23(9-11-25)21-35-17-14-31(30(35)37)12-15-34(16-13-31)29(28(36)18-22-6-7-22)27-20-33-19-26(27)24-4-2-1-3-5-24;/h1-5,8-11,22,26-27,29,33H,6-7,12-21H2;1H/t26-,27-,29?;/m1./s1. The largest absolute Gasteiger partial charge is 0.338 e. The molecule has 0 radical (unpaired) electrons. The van der Waals surface area contributed by atoms with Gasteiger partial charge in [0.2, 0.25) is 5.91 Å². The van der Waals surface area contributed by atoms with Crippen LogP contribution in [0.5, 0.6) is 0 Å². The number of amides is 1. The van der Waals surface area contributed by atoms with E-state index in [0.717, 1.165) is 62.9 Å². The average molecular weight is 601 g/mol. The van der Waals surface area contributed by atoms with Crippen molar-refractivity contribution in [2.75, 3.05) is 32.7 Å². The SMILES string of the molecule is Cl.O=C(CC1CC1)C([C@@H]1CNC[C@@H]1c1ccccc1)N1CCC2(CCN(Cc3ccc(Br)cc3)C2=O)CC1. The molecule has 4 fully saturated rings. The molecule has 1 amide bonds. The van der Waals surface area contributed by atoms with E-state index in [0.29, 0.717) is 30.1 Å². The van der Waals surface area contributed by atoms with Crippen molar-refractivity contribution in [1.29, 1.82) is 0 Å². The second-order valence-corrected chi connectivity index (χ2v) is 12.7. The zero-order chi connectivity index (χ0) is 25.4. The maximum Gasteiger partial charge on any atom is 0.229 e. The lowest BCUT2D eigenvalue weighted by Crippen LogP contribution is -2.54. The zero-order valence-corrected chi connectivity index (χ0v) is 24.4. The van der Waals surface area contributed by atoms with Gasteiger partial charge in [0.1, 0.15) is 0 Å². The molecule has 204 valence electrons. The number of Topliss-reactive ketones (excluding diaryl/α,β-unsaturated/α-hetero) is 1. The van der Waals surface area contributed by atoms with Crippen molar-refractivity contribution in [2.45, 2.75) is 57.0 Å². The number of ketones is 1. The first kappa shape index (κ1) is 27.8. The fourth-order valence-electron chi connectivity index (χ4n) is 7.08. The number of carbonyl (C=O) groups excluding carboxylic acids is 2. The molecule has 1 N–H and O–H groups in total. The molecule has 0 aromatic heterocycles. The van der Waals surface area contributed by atoms with E-state index in [1.54, 1.807) is 0 Å². The van der Waals surface area contributed by atoms with E-state index in [1.807, 2.05) is 12.1 Å². The first-order chi connectivity index (χ1) is 18.0. The predicted molar refractivity (Wildman–Crippen MR) is 156 cm³/mol. The highest BCUT2D eigenvalue weighted by Crippen LogP contribution is 2.44. The molecule has 0 bridgehead atoms. The summed E-state index contributed by atoms with van der Waals surface area (Å²) in [5.74, 6) is 2.00. The fourth-order valence-corrected chi connectivity index (χ4v) is 7.35. The number of rotatable bonds is 8. The second-order valence-electron chi connectivity index (χ2n) is 11.8. The van der Waals surface area contributed by atoms with Crippen molar-refractivity contribution in [2.24, 2.45) is 17.3 Å². The van der Waals surface area contributed by atoms with Crippen LogP contribution >= 0.6 is 28.3 Å². The van der Waals surface area contributed by atoms with Gasteiger partial charge in [0.15, 0.2) is 5.78 Å². The molecule has 6 rings (SSSR count). The van der Waals surface area contributed by atoms with Gasteiger partial charge in [0.05, 0.1) is 11.5 Å². The summed E-state index contributed by atoms with van der Waals surface area (Å²) in [7, 11) is 0. The van der Waals surface area contributed by atoms with Crippen molar-refractivity contribution in [1.82, 2.24) is 15.1 Å². The summed E-state index contributed by atoms with van der Waals surface area (Å²) in [6.45, 7) is 5.04. The molecule has 1 unspecified atom stereocenters. The quantitative estimate of drug-likeness (QED) is 0.439. The molecular formula is C31H39BrClN3O2. The van der Waals surface area contributed by atoms with Gasteiger partial charge in [0.25, 0.3) is 0 Å². The van der Waals surface area contributed by atoms with Gasteiger partial charge < -0.3 is 10.2 Å². The van der Waals surface area contributed by atoms with Gasteiger partial charge in [-0.25, -0.2) is 0 Å². The number of benzene rings is 2. The second kappa shape index (κ2) is 11.8. The van der Waals surface area contributed by atoms with Crippen LogP contribution in [0.4, 0.5) is 0 Å². The minimum Gasteiger partial charge on any atom is -0.338 e. The monoisotopic (exact) mass is 599 g/mol. The van der Waals surface area contributed by atoms with Gasteiger partial charge in [-0.05, 0) is 74.4 Å². The molecule has 2 aromatic rings. The van der Waals surface area contributed by atoms with Crippen LogP contribution in [0.1, 0.15) is 55.6 Å². The molecule has 5 nitrogen and oxygen atoms in total. The zero-order valence-electron chi connectivity index (χ0n) is 22.0. The number of nitrogens with zero attached hydrogens (tertiary/aromatic N) is 2. The first-order valence-corrected chi connectivity index (χ1v) is 14.9.